The predicted molar refractivity (Wildman–Crippen MR) is 83.3 cm³/mol. The fourth-order valence-electron chi connectivity index (χ4n) is 3.45. The summed E-state index contributed by atoms with van der Waals surface area (Å²) in [7, 11) is -3.42. The molecule has 2 N–H and O–H groups in total. The van der Waals surface area contributed by atoms with Gasteiger partial charge in [0.25, 0.3) is 0 Å². The third kappa shape index (κ3) is 3.00. The number of nitrogens with one attached hydrogen (secondary N) is 2. The second-order valence-electron chi connectivity index (χ2n) is 6.53. The zero-order valence-electron chi connectivity index (χ0n) is 12.7. The Labute approximate surface area is 127 Å². The Kier molecular flexibility index (Phi) is 4.08. The lowest BCUT2D eigenvalue weighted by Gasteiger charge is -2.34. The van der Waals surface area contributed by atoms with Gasteiger partial charge >= 0.3 is 0 Å². The van der Waals surface area contributed by atoms with Crippen molar-refractivity contribution in [1.29, 1.82) is 0 Å². The fourth-order valence-corrected chi connectivity index (χ4v) is 4.87. The van der Waals surface area contributed by atoms with Crippen LogP contribution in [0.1, 0.15) is 44.2 Å². The first kappa shape index (κ1) is 15.0. The Balaban J connectivity index is 1.80. The van der Waals surface area contributed by atoms with Crippen molar-refractivity contribution >= 4 is 10.0 Å². The molecular formula is C16H24N2O2S. The van der Waals surface area contributed by atoms with E-state index in [9.17, 15) is 8.42 Å². The summed E-state index contributed by atoms with van der Waals surface area (Å²) in [6, 6.07) is 5.53. The molecule has 4 nitrogen and oxygen atoms in total. The van der Waals surface area contributed by atoms with E-state index >= 15 is 0 Å². The van der Waals surface area contributed by atoms with Crippen LogP contribution in [0.3, 0.4) is 0 Å². The number of sulfonamides is 1. The SMILES string of the molecule is CC1CCCC(NS(=O)(=O)c2ccc3c(c2)CNC3)C1C. The Bertz CT molecular complexity index is 627. The molecule has 5 heteroatoms. The van der Waals surface area contributed by atoms with Gasteiger partial charge in [-0.05, 0) is 41.5 Å². The standard InChI is InChI=1S/C16H24N2O2S/c1-11-4-3-5-16(12(11)2)18-21(19,20)15-7-6-13-9-17-10-14(13)8-15/h6-8,11-12,16-18H,3-5,9-10H2,1-2H3. The molecule has 2 aliphatic rings. The van der Waals surface area contributed by atoms with Gasteiger partial charge in [0.05, 0.1) is 4.90 Å². The van der Waals surface area contributed by atoms with Crippen molar-refractivity contribution in [2.75, 3.05) is 0 Å². The van der Waals surface area contributed by atoms with Gasteiger partial charge < -0.3 is 5.32 Å². The van der Waals surface area contributed by atoms with Crippen LogP contribution in [0.5, 0.6) is 0 Å². The Morgan fingerprint density at radius 2 is 1.90 bits per heavy atom. The number of rotatable bonds is 3. The zero-order chi connectivity index (χ0) is 15.0. The zero-order valence-corrected chi connectivity index (χ0v) is 13.5. The molecule has 0 amide bonds. The van der Waals surface area contributed by atoms with Gasteiger partial charge in [-0.3, -0.25) is 0 Å². The van der Waals surface area contributed by atoms with Crippen LogP contribution >= 0.6 is 0 Å². The minimum atomic E-state index is -3.42. The smallest absolute Gasteiger partial charge is 0.240 e. The molecule has 0 radical (unpaired) electrons. The quantitative estimate of drug-likeness (QED) is 0.901. The van der Waals surface area contributed by atoms with E-state index in [1.165, 1.54) is 12.0 Å². The number of hydrogen-bond acceptors (Lipinski definition) is 3. The molecule has 1 aliphatic heterocycles. The summed E-state index contributed by atoms with van der Waals surface area (Å²) in [5.41, 5.74) is 2.30. The molecule has 0 aromatic heterocycles. The van der Waals surface area contributed by atoms with Crippen LogP contribution < -0.4 is 10.0 Å². The van der Waals surface area contributed by atoms with Gasteiger partial charge in [0.1, 0.15) is 0 Å². The average Bonchev–Trinajstić information content (AvgIpc) is 2.91. The van der Waals surface area contributed by atoms with Gasteiger partial charge in [-0.1, -0.05) is 32.8 Å². The normalized spacial score (nSPS) is 29.3. The van der Waals surface area contributed by atoms with E-state index in [2.05, 4.69) is 23.9 Å². The maximum atomic E-state index is 12.6. The molecule has 0 bridgehead atoms. The number of benzene rings is 1. The molecule has 1 aliphatic carbocycles. The van der Waals surface area contributed by atoms with Crippen molar-refractivity contribution in [2.45, 2.75) is 57.1 Å². The summed E-state index contributed by atoms with van der Waals surface area (Å²) in [5.74, 6) is 0.972. The van der Waals surface area contributed by atoms with Crippen molar-refractivity contribution in [1.82, 2.24) is 10.0 Å². The average molecular weight is 308 g/mol. The van der Waals surface area contributed by atoms with E-state index < -0.39 is 10.0 Å². The van der Waals surface area contributed by atoms with E-state index in [4.69, 9.17) is 0 Å². The second-order valence-corrected chi connectivity index (χ2v) is 8.24. The molecule has 0 saturated heterocycles. The van der Waals surface area contributed by atoms with Gasteiger partial charge in [0, 0.05) is 19.1 Å². The molecule has 3 unspecified atom stereocenters. The molecule has 1 fully saturated rings. The van der Waals surface area contributed by atoms with Gasteiger partial charge in [-0.25, -0.2) is 13.1 Å². The Hall–Kier alpha value is -0.910. The summed E-state index contributed by atoms with van der Waals surface area (Å²) in [6.45, 7) is 5.96. The minimum Gasteiger partial charge on any atom is -0.309 e. The summed E-state index contributed by atoms with van der Waals surface area (Å²) in [5, 5.41) is 3.25. The van der Waals surface area contributed by atoms with E-state index in [1.54, 1.807) is 6.07 Å². The number of hydrogen-bond donors (Lipinski definition) is 2. The largest absolute Gasteiger partial charge is 0.309 e. The Morgan fingerprint density at radius 3 is 2.71 bits per heavy atom. The molecule has 3 rings (SSSR count). The van der Waals surface area contributed by atoms with Crippen LogP contribution in [0, 0.1) is 11.8 Å². The van der Waals surface area contributed by atoms with Crippen LogP contribution in [0.25, 0.3) is 0 Å². The van der Waals surface area contributed by atoms with Crippen LogP contribution in [0.15, 0.2) is 23.1 Å². The Morgan fingerprint density at radius 1 is 1.14 bits per heavy atom. The first-order valence-electron chi connectivity index (χ1n) is 7.82. The summed E-state index contributed by atoms with van der Waals surface area (Å²) < 4.78 is 28.2. The first-order chi connectivity index (χ1) is 9.97. The molecule has 21 heavy (non-hydrogen) atoms. The van der Waals surface area contributed by atoms with E-state index in [1.807, 2.05) is 12.1 Å². The topological polar surface area (TPSA) is 58.2 Å². The molecule has 0 spiro atoms. The first-order valence-corrected chi connectivity index (χ1v) is 9.30. The molecule has 1 aromatic rings. The molecule has 1 heterocycles. The summed E-state index contributed by atoms with van der Waals surface area (Å²) in [6.07, 6.45) is 3.24. The van der Waals surface area contributed by atoms with Gasteiger partial charge in [-0.15, -0.1) is 0 Å². The highest BCUT2D eigenvalue weighted by atomic mass is 32.2. The summed E-state index contributed by atoms with van der Waals surface area (Å²) in [4.78, 5) is 0.398. The van der Waals surface area contributed by atoms with Crippen molar-refractivity contribution in [3.8, 4) is 0 Å². The number of fused-ring (bicyclic) bond motifs is 1. The van der Waals surface area contributed by atoms with Crippen LogP contribution in [0.4, 0.5) is 0 Å². The van der Waals surface area contributed by atoms with Gasteiger partial charge in [0.15, 0.2) is 0 Å². The molecule has 1 saturated carbocycles. The fraction of sp³-hybridized carbons (Fsp3) is 0.625. The van der Waals surface area contributed by atoms with Crippen molar-refractivity contribution in [2.24, 2.45) is 11.8 Å². The second kappa shape index (κ2) is 5.71. The summed E-state index contributed by atoms with van der Waals surface area (Å²) >= 11 is 0. The maximum absolute atomic E-state index is 12.6. The lowest BCUT2D eigenvalue weighted by Crippen LogP contribution is -2.43. The maximum Gasteiger partial charge on any atom is 0.240 e. The minimum absolute atomic E-state index is 0.0603. The molecule has 3 atom stereocenters. The lowest BCUT2D eigenvalue weighted by molar-refractivity contribution is 0.227. The van der Waals surface area contributed by atoms with Crippen molar-refractivity contribution < 1.29 is 8.42 Å². The molecule has 1 aromatic carbocycles. The van der Waals surface area contributed by atoms with Crippen LogP contribution in [-0.2, 0) is 23.1 Å². The van der Waals surface area contributed by atoms with E-state index in [0.717, 1.165) is 31.5 Å². The molecule has 116 valence electrons. The van der Waals surface area contributed by atoms with Crippen LogP contribution in [0.2, 0.25) is 0 Å². The van der Waals surface area contributed by atoms with Crippen LogP contribution in [-0.4, -0.2) is 14.5 Å². The third-order valence-corrected chi connectivity index (χ3v) is 6.62. The monoisotopic (exact) mass is 308 g/mol. The third-order valence-electron chi connectivity index (χ3n) is 5.13. The predicted octanol–water partition coefficient (Wildman–Crippen LogP) is 2.39. The van der Waals surface area contributed by atoms with E-state index in [0.29, 0.717) is 16.7 Å². The molecular weight excluding hydrogens is 284 g/mol. The highest BCUT2D eigenvalue weighted by Crippen LogP contribution is 2.30. The van der Waals surface area contributed by atoms with Crippen molar-refractivity contribution in [3.05, 3.63) is 29.3 Å². The van der Waals surface area contributed by atoms with Crippen molar-refractivity contribution in [3.63, 3.8) is 0 Å². The highest BCUT2D eigenvalue weighted by Gasteiger charge is 2.31. The van der Waals surface area contributed by atoms with Gasteiger partial charge in [0.2, 0.25) is 10.0 Å². The highest BCUT2D eigenvalue weighted by molar-refractivity contribution is 7.89. The lowest BCUT2D eigenvalue weighted by atomic mass is 9.78. The van der Waals surface area contributed by atoms with E-state index in [-0.39, 0.29) is 6.04 Å². The van der Waals surface area contributed by atoms with Gasteiger partial charge in [-0.2, -0.15) is 0 Å².